The van der Waals surface area contributed by atoms with Gasteiger partial charge >= 0.3 is 12.1 Å². The Morgan fingerprint density at radius 3 is 2.42 bits per heavy atom. The molecule has 10 nitrogen and oxygen atoms in total. The van der Waals surface area contributed by atoms with Crippen molar-refractivity contribution in [2.24, 2.45) is 5.92 Å². The van der Waals surface area contributed by atoms with Gasteiger partial charge in [-0.25, -0.2) is 4.79 Å². The topological polar surface area (TPSA) is 132 Å². The van der Waals surface area contributed by atoms with E-state index in [1.807, 2.05) is 6.92 Å². The highest BCUT2D eigenvalue weighted by molar-refractivity contribution is 6.11. The third-order valence-corrected chi connectivity index (χ3v) is 5.72. The number of carbonyl (C=O) groups excluding carboxylic acids is 3. The molecule has 0 bridgehead atoms. The highest BCUT2D eigenvalue weighted by Crippen LogP contribution is 2.24. The third kappa shape index (κ3) is 16.0. The molecule has 1 aliphatic heterocycles. The van der Waals surface area contributed by atoms with Crippen LogP contribution in [-0.2, 0) is 28.5 Å². The second-order valence-electron chi connectivity index (χ2n) is 9.59. The lowest BCUT2D eigenvalue weighted by molar-refractivity contribution is -0.152. The molecule has 2 radical (unpaired) electrons. The lowest BCUT2D eigenvalue weighted by atomic mass is 9.96. The van der Waals surface area contributed by atoms with E-state index >= 15 is 0 Å². The number of carbonyl (C=O) groups is 3. The number of nitrogens with one attached hydrogen (secondary N) is 2. The molecule has 1 rings (SSSR count). The predicted octanol–water partition coefficient (Wildman–Crippen LogP) is 2.20. The second kappa shape index (κ2) is 19.3. The maximum Gasteiger partial charge on any atom is 0.407 e. The summed E-state index contributed by atoms with van der Waals surface area (Å²) in [6.07, 6.45) is 3.66. The largest absolute Gasteiger partial charge is 0.460 e. The summed E-state index contributed by atoms with van der Waals surface area (Å²) < 4.78 is 21.2. The van der Waals surface area contributed by atoms with Crippen molar-refractivity contribution in [1.82, 2.24) is 10.6 Å². The van der Waals surface area contributed by atoms with Crippen molar-refractivity contribution in [2.75, 3.05) is 32.9 Å². The molecule has 1 aliphatic rings. The zero-order valence-corrected chi connectivity index (χ0v) is 22.2. The first-order valence-electron chi connectivity index (χ1n) is 13.2. The van der Waals surface area contributed by atoms with Crippen LogP contribution >= 0.6 is 0 Å². The fourth-order valence-electron chi connectivity index (χ4n) is 3.59. The molecule has 3 N–H and O–H groups in total. The fraction of sp³-hybridized carbons (Fsp3) is 0.880. The molecule has 0 aliphatic carbocycles. The molecule has 4 atom stereocenters. The molecule has 36 heavy (non-hydrogen) atoms. The van der Waals surface area contributed by atoms with Gasteiger partial charge in [0, 0.05) is 38.5 Å². The van der Waals surface area contributed by atoms with Crippen LogP contribution in [0.3, 0.4) is 0 Å². The highest BCUT2D eigenvalue weighted by atomic mass is 16.6. The van der Waals surface area contributed by atoms with Crippen LogP contribution in [0.25, 0.3) is 0 Å². The molecule has 0 aromatic rings. The Hall–Kier alpha value is -1.85. The lowest BCUT2D eigenvalue weighted by Gasteiger charge is -2.17. The molecule has 0 spiro atoms. The van der Waals surface area contributed by atoms with Gasteiger partial charge in [0.1, 0.15) is 26.7 Å². The molecular weight excluding hydrogens is 467 g/mol. The Labute approximate surface area is 216 Å². The highest BCUT2D eigenvalue weighted by Gasteiger charge is 2.34. The van der Waals surface area contributed by atoms with E-state index in [4.69, 9.17) is 26.8 Å². The molecule has 1 heterocycles. The number of esters is 1. The summed E-state index contributed by atoms with van der Waals surface area (Å²) >= 11 is 0. The maximum atomic E-state index is 12.0. The van der Waals surface area contributed by atoms with Crippen LogP contribution in [0.4, 0.5) is 4.79 Å². The molecular formula is C25H45BN2O8. The van der Waals surface area contributed by atoms with Gasteiger partial charge in [-0.15, -0.1) is 0 Å². The van der Waals surface area contributed by atoms with Crippen molar-refractivity contribution in [3.8, 4) is 0 Å². The van der Waals surface area contributed by atoms with Crippen LogP contribution in [-0.4, -0.2) is 88.1 Å². The Morgan fingerprint density at radius 1 is 1.06 bits per heavy atom. The Morgan fingerprint density at radius 2 is 1.75 bits per heavy atom. The summed E-state index contributed by atoms with van der Waals surface area (Å²) in [7, 11) is 5.74. The van der Waals surface area contributed by atoms with Crippen LogP contribution < -0.4 is 10.6 Å². The minimum absolute atomic E-state index is 0.0258. The van der Waals surface area contributed by atoms with Crippen molar-refractivity contribution in [3.05, 3.63) is 0 Å². The molecule has 0 aromatic heterocycles. The first-order chi connectivity index (χ1) is 17.2. The fourth-order valence-corrected chi connectivity index (χ4v) is 3.59. The molecule has 4 unspecified atom stereocenters. The quantitative estimate of drug-likeness (QED) is 0.136. The summed E-state index contributed by atoms with van der Waals surface area (Å²) in [6.45, 7) is 7.76. The van der Waals surface area contributed by atoms with Crippen molar-refractivity contribution in [1.29, 1.82) is 0 Å². The summed E-state index contributed by atoms with van der Waals surface area (Å²) in [6, 6.07) is -0.413. The van der Waals surface area contributed by atoms with Gasteiger partial charge < -0.3 is 34.7 Å². The molecule has 0 aromatic carbocycles. The molecule has 206 valence electrons. The molecule has 0 saturated carbocycles. The normalized spacial score (nSPS) is 20.2. The number of amides is 2. The maximum absolute atomic E-state index is 12.0. The van der Waals surface area contributed by atoms with E-state index in [2.05, 4.69) is 24.5 Å². The van der Waals surface area contributed by atoms with Gasteiger partial charge in [-0.2, -0.15) is 0 Å². The monoisotopic (exact) mass is 512 g/mol. The van der Waals surface area contributed by atoms with Crippen molar-refractivity contribution < 1.29 is 38.4 Å². The van der Waals surface area contributed by atoms with E-state index in [-0.39, 0.29) is 44.2 Å². The molecule has 11 heteroatoms. The van der Waals surface area contributed by atoms with E-state index in [1.54, 1.807) is 0 Å². The standard InChI is InChI=1S/C25H45BN2O8/c1-4-20-21(15-22(26)35-20)36-24(31)10-9-23(30)27-12-7-5-6-8-13-28-25(32)34-17-19(29)16-33-14-11-18(2)3/h18-22,29H,4-17H2,1-3H3,(H,27,30)(H,28,32). The van der Waals surface area contributed by atoms with Crippen LogP contribution in [0.5, 0.6) is 0 Å². The summed E-state index contributed by atoms with van der Waals surface area (Å²) in [5, 5.41) is 15.2. The smallest absolute Gasteiger partial charge is 0.407 e. The first-order valence-corrected chi connectivity index (χ1v) is 13.2. The SMILES string of the molecule is [B]C1CC(OC(=O)CCC(=O)NCCCCCCNC(=O)OCC(O)COCCC(C)C)C(CC)O1. The predicted molar refractivity (Wildman–Crippen MR) is 136 cm³/mol. The van der Waals surface area contributed by atoms with Crippen molar-refractivity contribution in [3.63, 3.8) is 0 Å². The van der Waals surface area contributed by atoms with Crippen LogP contribution in [0, 0.1) is 5.92 Å². The van der Waals surface area contributed by atoms with Crippen LogP contribution in [0.1, 0.15) is 78.6 Å². The van der Waals surface area contributed by atoms with Gasteiger partial charge in [0.25, 0.3) is 0 Å². The summed E-state index contributed by atoms with van der Waals surface area (Å²) in [5.41, 5.74) is 0. The van der Waals surface area contributed by atoms with E-state index < -0.39 is 24.2 Å². The summed E-state index contributed by atoms with van der Waals surface area (Å²) in [5.74, 6) is -0.0604. The zero-order chi connectivity index (χ0) is 26.8. The second-order valence-corrected chi connectivity index (χ2v) is 9.59. The Balaban J connectivity index is 1.93. The van der Waals surface area contributed by atoms with E-state index in [0.717, 1.165) is 32.1 Å². The third-order valence-electron chi connectivity index (χ3n) is 5.72. The molecule has 1 fully saturated rings. The Bertz CT molecular complexity index is 637. The average Bonchev–Trinajstić information content (AvgIpc) is 3.19. The van der Waals surface area contributed by atoms with Gasteiger partial charge in [0.15, 0.2) is 0 Å². The van der Waals surface area contributed by atoms with E-state index in [1.165, 1.54) is 0 Å². The average molecular weight is 512 g/mol. The van der Waals surface area contributed by atoms with E-state index in [0.29, 0.717) is 38.5 Å². The number of rotatable bonds is 19. The Kier molecular flexibility index (Phi) is 17.2. The number of alkyl carbamates (subject to hydrolysis) is 1. The summed E-state index contributed by atoms with van der Waals surface area (Å²) in [4.78, 5) is 35.6. The van der Waals surface area contributed by atoms with Gasteiger partial charge in [-0.3, -0.25) is 9.59 Å². The number of aliphatic hydroxyl groups excluding tert-OH is 1. The van der Waals surface area contributed by atoms with Crippen molar-refractivity contribution in [2.45, 2.75) is 103 Å². The van der Waals surface area contributed by atoms with Crippen LogP contribution in [0.2, 0.25) is 0 Å². The lowest BCUT2D eigenvalue weighted by Crippen LogP contribution is -2.30. The number of hydrogen-bond donors (Lipinski definition) is 3. The number of unbranched alkanes of at least 4 members (excludes halogenated alkanes) is 3. The minimum atomic E-state index is -0.835. The molecule has 2 amide bonds. The van der Waals surface area contributed by atoms with Crippen molar-refractivity contribution >= 4 is 25.8 Å². The first kappa shape index (κ1) is 32.2. The van der Waals surface area contributed by atoms with Gasteiger partial charge in [-0.1, -0.05) is 33.6 Å². The molecule has 1 saturated heterocycles. The van der Waals surface area contributed by atoms with Gasteiger partial charge in [0.2, 0.25) is 5.91 Å². The number of ether oxygens (including phenoxy) is 4. The minimum Gasteiger partial charge on any atom is -0.460 e. The van der Waals surface area contributed by atoms with E-state index in [9.17, 15) is 19.5 Å². The zero-order valence-electron chi connectivity index (χ0n) is 22.2. The van der Waals surface area contributed by atoms with Gasteiger partial charge in [-0.05, 0) is 31.6 Å². The number of aliphatic hydroxyl groups is 1. The van der Waals surface area contributed by atoms with Crippen LogP contribution in [0.15, 0.2) is 0 Å². The number of hydrogen-bond acceptors (Lipinski definition) is 8. The van der Waals surface area contributed by atoms with Gasteiger partial charge in [0.05, 0.1) is 19.1 Å².